The molecular formula is C21H30N2O2. The largest absolute Gasteiger partial charge is 0.381 e. The highest BCUT2D eigenvalue weighted by molar-refractivity contribution is 5.37. The van der Waals surface area contributed by atoms with Crippen LogP contribution in [0.1, 0.15) is 30.4 Å². The van der Waals surface area contributed by atoms with E-state index in [-0.39, 0.29) is 0 Å². The van der Waals surface area contributed by atoms with Crippen LogP contribution in [0.25, 0.3) is 0 Å². The highest BCUT2D eigenvalue weighted by atomic mass is 16.5. The van der Waals surface area contributed by atoms with E-state index in [4.69, 9.17) is 9.47 Å². The van der Waals surface area contributed by atoms with E-state index in [1.165, 1.54) is 5.56 Å². The molecule has 4 heteroatoms. The molecule has 136 valence electrons. The maximum Gasteiger partial charge on any atom is 0.0595 e. The van der Waals surface area contributed by atoms with Crippen molar-refractivity contribution in [3.8, 4) is 11.8 Å². The minimum Gasteiger partial charge on any atom is -0.381 e. The summed E-state index contributed by atoms with van der Waals surface area (Å²) in [5.74, 6) is 6.66. The number of morpholine rings is 1. The van der Waals surface area contributed by atoms with Gasteiger partial charge in [0, 0.05) is 58.4 Å². The van der Waals surface area contributed by atoms with Crippen molar-refractivity contribution >= 4 is 0 Å². The lowest BCUT2D eigenvalue weighted by atomic mass is 10.1. The summed E-state index contributed by atoms with van der Waals surface area (Å²) in [6.07, 6.45) is 3.64. The molecule has 0 saturated carbocycles. The molecule has 0 aromatic heterocycles. The van der Waals surface area contributed by atoms with Crippen LogP contribution in [-0.4, -0.2) is 69.0 Å². The molecule has 0 aliphatic carbocycles. The van der Waals surface area contributed by atoms with Gasteiger partial charge in [-0.15, -0.1) is 0 Å². The number of hydrogen-bond acceptors (Lipinski definition) is 4. The van der Waals surface area contributed by atoms with Gasteiger partial charge < -0.3 is 9.47 Å². The summed E-state index contributed by atoms with van der Waals surface area (Å²) < 4.78 is 10.8. The first-order valence-corrected chi connectivity index (χ1v) is 9.46. The molecule has 3 rings (SSSR count). The predicted molar refractivity (Wildman–Crippen MR) is 101 cm³/mol. The summed E-state index contributed by atoms with van der Waals surface area (Å²) in [5.41, 5.74) is 2.49. The highest BCUT2D eigenvalue weighted by Crippen LogP contribution is 2.16. The third-order valence-corrected chi connectivity index (χ3v) is 5.09. The summed E-state index contributed by atoms with van der Waals surface area (Å²) in [4.78, 5) is 4.94. The summed E-state index contributed by atoms with van der Waals surface area (Å²) in [7, 11) is 1.82. The number of rotatable bonds is 5. The van der Waals surface area contributed by atoms with Gasteiger partial charge in [-0.1, -0.05) is 24.0 Å². The molecule has 0 N–H and O–H groups in total. The van der Waals surface area contributed by atoms with Crippen LogP contribution in [0.15, 0.2) is 24.3 Å². The molecule has 1 aromatic rings. The van der Waals surface area contributed by atoms with E-state index in [1.807, 2.05) is 7.11 Å². The summed E-state index contributed by atoms with van der Waals surface area (Å²) >= 11 is 0. The number of piperidine rings is 1. The van der Waals surface area contributed by atoms with E-state index in [2.05, 4.69) is 45.9 Å². The van der Waals surface area contributed by atoms with Crippen LogP contribution in [0.5, 0.6) is 0 Å². The van der Waals surface area contributed by atoms with E-state index in [0.717, 1.165) is 77.3 Å². The molecule has 0 unspecified atom stereocenters. The van der Waals surface area contributed by atoms with Gasteiger partial charge in [0.05, 0.1) is 19.3 Å². The fraction of sp³-hybridized carbons (Fsp3) is 0.619. The summed E-state index contributed by atoms with van der Waals surface area (Å²) in [5, 5.41) is 0. The topological polar surface area (TPSA) is 24.9 Å². The van der Waals surface area contributed by atoms with Crippen LogP contribution in [0.4, 0.5) is 0 Å². The number of likely N-dealkylation sites (tertiary alicyclic amines) is 1. The lowest BCUT2D eigenvalue weighted by Gasteiger charge is -2.31. The van der Waals surface area contributed by atoms with Crippen molar-refractivity contribution < 1.29 is 9.47 Å². The Labute approximate surface area is 152 Å². The first-order chi connectivity index (χ1) is 12.3. The van der Waals surface area contributed by atoms with Crippen LogP contribution in [-0.2, 0) is 16.0 Å². The van der Waals surface area contributed by atoms with Crippen LogP contribution >= 0.6 is 0 Å². The smallest absolute Gasteiger partial charge is 0.0595 e. The molecule has 0 spiro atoms. The predicted octanol–water partition coefficient (Wildman–Crippen LogP) is 2.37. The van der Waals surface area contributed by atoms with Crippen LogP contribution < -0.4 is 0 Å². The van der Waals surface area contributed by atoms with Crippen molar-refractivity contribution in [2.24, 2.45) is 0 Å². The van der Waals surface area contributed by atoms with E-state index < -0.39 is 0 Å². The zero-order valence-corrected chi connectivity index (χ0v) is 15.4. The molecule has 1 aromatic carbocycles. The van der Waals surface area contributed by atoms with Gasteiger partial charge in [0.25, 0.3) is 0 Å². The molecular weight excluding hydrogens is 312 g/mol. The molecule has 2 heterocycles. The van der Waals surface area contributed by atoms with Crippen molar-refractivity contribution in [2.45, 2.75) is 31.9 Å². The minimum absolute atomic E-state index is 0.444. The van der Waals surface area contributed by atoms with Gasteiger partial charge in [-0.25, -0.2) is 0 Å². The molecule has 2 aliphatic rings. The highest BCUT2D eigenvalue weighted by Gasteiger charge is 2.18. The number of benzene rings is 1. The Hall–Kier alpha value is -1.38. The summed E-state index contributed by atoms with van der Waals surface area (Å²) in [6, 6.07) is 8.69. The zero-order chi connectivity index (χ0) is 17.3. The standard InChI is InChI=1S/C21H30N2O2/c1-24-21-8-11-23(12-9-21)18-20-7-4-6-19(17-20)5-2-3-10-22-13-15-25-16-14-22/h4,6-7,17,21H,3,8-16,18H2,1H3. The van der Waals surface area contributed by atoms with Crippen LogP contribution in [0, 0.1) is 11.8 Å². The molecule has 25 heavy (non-hydrogen) atoms. The lowest BCUT2D eigenvalue weighted by molar-refractivity contribution is 0.0388. The number of ether oxygens (including phenoxy) is 2. The fourth-order valence-electron chi connectivity index (χ4n) is 3.51. The fourth-order valence-corrected chi connectivity index (χ4v) is 3.51. The number of nitrogens with zero attached hydrogens (tertiary/aromatic N) is 2. The Morgan fingerprint density at radius 3 is 2.68 bits per heavy atom. The van der Waals surface area contributed by atoms with Crippen molar-refractivity contribution in [3.63, 3.8) is 0 Å². The molecule has 0 amide bonds. The van der Waals surface area contributed by atoms with Crippen LogP contribution in [0.3, 0.4) is 0 Å². The van der Waals surface area contributed by atoms with E-state index in [0.29, 0.717) is 6.10 Å². The van der Waals surface area contributed by atoms with Gasteiger partial charge in [0.1, 0.15) is 0 Å². The van der Waals surface area contributed by atoms with Gasteiger partial charge in [-0.3, -0.25) is 9.80 Å². The lowest BCUT2D eigenvalue weighted by Crippen LogP contribution is -2.36. The zero-order valence-electron chi connectivity index (χ0n) is 15.4. The Kier molecular flexibility index (Phi) is 7.32. The van der Waals surface area contributed by atoms with Crippen LogP contribution in [0.2, 0.25) is 0 Å². The molecule has 0 radical (unpaired) electrons. The molecule has 2 saturated heterocycles. The SMILES string of the molecule is COC1CCN(Cc2cccc(C#CCCN3CCOCC3)c2)CC1. The molecule has 4 nitrogen and oxygen atoms in total. The Balaban J connectivity index is 1.46. The van der Waals surface area contributed by atoms with Gasteiger partial charge in [-0.05, 0) is 30.5 Å². The average Bonchev–Trinajstić information content (AvgIpc) is 2.67. The van der Waals surface area contributed by atoms with E-state index >= 15 is 0 Å². The Bertz CT molecular complexity index is 579. The normalized spacial score (nSPS) is 20.2. The Morgan fingerprint density at radius 2 is 1.92 bits per heavy atom. The average molecular weight is 342 g/mol. The first-order valence-electron chi connectivity index (χ1n) is 9.46. The third-order valence-electron chi connectivity index (χ3n) is 5.09. The third kappa shape index (κ3) is 6.13. The second-order valence-electron chi connectivity index (χ2n) is 6.92. The number of methoxy groups -OCH3 is 1. The molecule has 2 aliphatic heterocycles. The number of hydrogen-bond donors (Lipinski definition) is 0. The van der Waals surface area contributed by atoms with Crippen molar-refractivity contribution in [2.75, 3.05) is 53.0 Å². The maximum absolute atomic E-state index is 5.45. The maximum atomic E-state index is 5.45. The van der Waals surface area contributed by atoms with Gasteiger partial charge in [0.2, 0.25) is 0 Å². The van der Waals surface area contributed by atoms with Crippen molar-refractivity contribution in [1.82, 2.24) is 9.80 Å². The quantitative estimate of drug-likeness (QED) is 0.767. The van der Waals surface area contributed by atoms with Gasteiger partial charge >= 0.3 is 0 Å². The monoisotopic (exact) mass is 342 g/mol. The van der Waals surface area contributed by atoms with Crippen molar-refractivity contribution in [3.05, 3.63) is 35.4 Å². The van der Waals surface area contributed by atoms with E-state index in [9.17, 15) is 0 Å². The Morgan fingerprint density at radius 1 is 1.12 bits per heavy atom. The second-order valence-corrected chi connectivity index (χ2v) is 6.92. The second kappa shape index (κ2) is 9.94. The summed E-state index contributed by atoms with van der Waals surface area (Å²) in [6.45, 7) is 8.09. The minimum atomic E-state index is 0.444. The van der Waals surface area contributed by atoms with E-state index in [1.54, 1.807) is 0 Å². The molecule has 2 fully saturated rings. The van der Waals surface area contributed by atoms with Crippen molar-refractivity contribution in [1.29, 1.82) is 0 Å². The van der Waals surface area contributed by atoms with Gasteiger partial charge in [-0.2, -0.15) is 0 Å². The molecule has 0 bridgehead atoms. The first kappa shape index (κ1) is 18.4. The van der Waals surface area contributed by atoms with Gasteiger partial charge in [0.15, 0.2) is 0 Å². The molecule has 0 atom stereocenters.